The molecule has 0 atom stereocenters. The molecule has 0 aromatic heterocycles. The number of hydrogen-bond donors (Lipinski definition) is 0. The second-order valence-corrected chi connectivity index (χ2v) is 9.79. The van der Waals surface area contributed by atoms with Gasteiger partial charge < -0.3 is 14.9 Å². The van der Waals surface area contributed by atoms with Gasteiger partial charge in [-0.15, -0.1) is 17.5 Å². The summed E-state index contributed by atoms with van der Waals surface area (Å²) in [6, 6.07) is 4.69. The van der Waals surface area contributed by atoms with E-state index in [4.69, 9.17) is 0 Å². The molecule has 0 fully saturated rings. The zero-order valence-electron chi connectivity index (χ0n) is 21.2. The molecule has 2 aliphatic rings. The van der Waals surface area contributed by atoms with Crippen molar-refractivity contribution in [3.8, 4) is 0 Å². The number of allylic oxidation sites excluding steroid dienone is 2. The minimum absolute atomic E-state index is 0. The Balaban J connectivity index is 0.000000569. The molecule has 0 spiro atoms. The Kier molecular flexibility index (Phi) is 10.9. The fourth-order valence-corrected chi connectivity index (χ4v) is 4.62. The third kappa shape index (κ3) is 5.90. The molecule has 0 amide bonds. The van der Waals surface area contributed by atoms with E-state index in [2.05, 4.69) is 73.6 Å². The molecule has 162 valence electrons. The van der Waals surface area contributed by atoms with Crippen molar-refractivity contribution in [2.75, 3.05) is 0 Å². The van der Waals surface area contributed by atoms with Crippen LogP contribution in [0.4, 0.5) is 0 Å². The van der Waals surface area contributed by atoms with E-state index < -0.39 is 0 Å². The van der Waals surface area contributed by atoms with Crippen molar-refractivity contribution in [1.29, 1.82) is 0 Å². The van der Waals surface area contributed by atoms with Gasteiger partial charge in [-0.1, -0.05) is 79.5 Å². The van der Waals surface area contributed by atoms with Crippen molar-refractivity contribution in [3.63, 3.8) is 0 Å². The summed E-state index contributed by atoms with van der Waals surface area (Å²) >= 11 is 0. The van der Waals surface area contributed by atoms with Crippen LogP contribution in [0.5, 0.6) is 0 Å². The SMILES string of the molecule is CC(C)(C)CC1=[C-]Cc2ccc3c(c21)CCC3.Cc1c(C)c(C)[c-](C)c1C.[CH3-].[CH3-].[Hf+4]. The number of aryl methyl sites for hydroxylation is 1. The maximum Gasteiger partial charge on any atom is 4.00 e. The standard InChI is InChI=1S/C17H21.C10H15.2CH3.Hf/c1-17(2,3)11-14-10-9-13-8-7-12-5-4-6-15(12)16(13)14;1-6-7(2)9(4)10(5)8(6)3;;;/h7-8H,4-6,9,11H2,1-3H3;1-5H3;2*1H3;/q4*-1;+4. The average molecular weight is 569 g/mol. The van der Waals surface area contributed by atoms with Crippen LogP contribution in [0.15, 0.2) is 12.1 Å². The van der Waals surface area contributed by atoms with E-state index in [0.29, 0.717) is 5.41 Å². The van der Waals surface area contributed by atoms with Gasteiger partial charge in [0.2, 0.25) is 0 Å². The van der Waals surface area contributed by atoms with Crippen molar-refractivity contribution < 1.29 is 25.8 Å². The molecule has 0 saturated carbocycles. The summed E-state index contributed by atoms with van der Waals surface area (Å²) in [6.45, 7) is 18.0. The molecule has 0 N–H and O–H groups in total. The molecular weight excluding hydrogens is 527 g/mol. The topological polar surface area (TPSA) is 0 Å². The third-order valence-corrected chi connectivity index (χ3v) is 6.68. The molecule has 0 nitrogen and oxygen atoms in total. The maximum atomic E-state index is 3.62. The molecule has 1 heteroatoms. The van der Waals surface area contributed by atoms with Crippen molar-refractivity contribution in [2.24, 2.45) is 5.41 Å². The molecule has 2 aromatic rings. The van der Waals surface area contributed by atoms with Crippen LogP contribution in [0, 0.1) is 61.0 Å². The van der Waals surface area contributed by atoms with Gasteiger partial charge in [0, 0.05) is 0 Å². The number of benzene rings is 1. The third-order valence-electron chi connectivity index (χ3n) is 6.68. The summed E-state index contributed by atoms with van der Waals surface area (Å²) in [7, 11) is 0. The van der Waals surface area contributed by atoms with E-state index in [0.717, 1.165) is 12.8 Å². The fourth-order valence-electron chi connectivity index (χ4n) is 4.62. The van der Waals surface area contributed by atoms with Crippen LogP contribution in [0.1, 0.15) is 83.7 Å². The summed E-state index contributed by atoms with van der Waals surface area (Å²) in [5.74, 6) is 0. The zero-order valence-corrected chi connectivity index (χ0v) is 24.8. The van der Waals surface area contributed by atoms with Gasteiger partial charge in [-0.3, -0.25) is 6.08 Å². The zero-order chi connectivity index (χ0) is 19.9. The van der Waals surface area contributed by atoms with Crippen molar-refractivity contribution in [2.45, 2.75) is 87.5 Å². The minimum Gasteiger partial charge on any atom is -0.358 e. The van der Waals surface area contributed by atoms with Crippen LogP contribution < -0.4 is 0 Å². The number of fused-ring (bicyclic) bond motifs is 3. The second kappa shape index (κ2) is 11.2. The first-order chi connectivity index (χ1) is 12.6. The molecule has 2 aliphatic carbocycles. The average Bonchev–Trinajstić information content (AvgIpc) is 3.27. The summed E-state index contributed by atoms with van der Waals surface area (Å²) in [5, 5.41) is 0. The summed E-state index contributed by atoms with van der Waals surface area (Å²) in [4.78, 5) is 0. The Morgan fingerprint density at radius 3 is 1.90 bits per heavy atom. The van der Waals surface area contributed by atoms with E-state index in [1.165, 1.54) is 58.2 Å². The first-order valence-corrected chi connectivity index (χ1v) is 10.5. The number of rotatable bonds is 1. The smallest absolute Gasteiger partial charge is 0.358 e. The summed E-state index contributed by atoms with van der Waals surface area (Å²) in [6.07, 6.45) is 9.73. The van der Waals surface area contributed by atoms with Crippen molar-refractivity contribution >= 4 is 5.57 Å². The minimum atomic E-state index is 0. The van der Waals surface area contributed by atoms with Crippen molar-refractivity contribution in [1.82, 2.24) is 0 Å². The van der Waals surface area contributed by atoms with Crippen LogP contribution >= 0.6 is 0 Å². The molecule has 2 aromatic carbocycles. The van der Waals surface area contributed by atoms with Crippen LogP contribution in [-0.2, 0) is 45.1 Å². The van der Waals surface area contributed by atoms with Gasteiger partial charge in [-0.05, 0) is 24.7 Å². The predicted octanol–water partition coefficient (Wildman–Crippen LogP) is 8.20. The van der Waals surface area contributed by atoms with E-state index in [-0.39, 0.29) is 40.7 Å². The Morgan fingerprint density at radius 1 is 0.900 bits per heavy atom. The Morgan fingerprint density at radius 2 is 1.43 bits per heavy atom. The predicted molar refractivity (Wildman–Crippen MR) is 131 cm³/mol. The molecule has 30 heavy (non-hydrogen) atoms. The van der Waals surface area contributed by atoms with Gasteiger partial charge in [0.1, 0.15) is 0 Å². The van der Waals surface area contributed by atoms with Crippen LogP contribution in [0.2, 0.25) is 0 Å². The van der Waals surface area contributed by atoms with Crippen molar-refractivity contribution in [3.05, 3.63) is 83.1 Å². The fraction of sp³-hybridized carbons (Fsp3) is 0.483. The van der Waals surface area contributed by atoms with E-state index in [1.807, 2.05) is 0 Å². The summed E-state index contributed by atoms with van der Waals surface area (Å²) in [5.41, 5.74) is 15.5. The molecule has 0 radical (unpaired) electrons. The monoisotopic (exact) mass is 570 g/mol. The first-order valence-electron chi connectivity index (χ1n) is 10.5. The van der Waals surface area contributed by atoms with E-state index >= 15 is 0 Å². The largest absolute Gasteiger partial charge is 4.00 e. The molecule has 0 bridgehead atoms. The Bertz CT molecular complexity index is 804. The molecule has 0 unspecified atom stereocenters. The van der Waals surface area contributed by atoms with Gasteiger partial charge >= 0.3 is 25.8 Å². The van der Waals surface area contributed by atoms with Gasteiger partial charge in [-0.2, -0.15) is 33.4 Å². The van der Waals surface area contributed by atoms with E-state index in [1.54, 1.807) is 16.7 Å². The van der Waals surface area contributed by atoms with Gasteiger partial charge in [-0.25, -0.2) is 5.57 Å². The quantitative estimate of drug-likeness (QED) is 0.240. The molecule has 0 aliphatic heterocycles. The second-order valence-electron chi connectivity index (χ2n) is 9.79. The van der Waals surface area contributed by atoms with E-state index in [9.17, 15) is 0 Å². The van der Waals surface area contributed by atoms with Crippen LogP contribution in [0.3, 0.4) is 0 Å². The van der Waals surface area contributed by atoms with Crippen LogP contribution in [-0.4, -0.2) is 0 Å². The summed E-state index contributed by atoms with van der Waals surface area (Å²) < 4.78 is 0. The first kappa shape index (κ1) is 29.2. The Labute approximate surface area is 206 Å². The van der Waals surface area contributed by atoms with Gasteiger partial charge in [0.25, 0.3) is 0 Å². The normalized spacial score (nSPS) is 13.7. The van der Waals surface area contributed by atoms with Gasteiger partial charge in [0.15, 0.2) is 0 Å². The number of hydrogen-bond acceptors (Lipinski definition) is 0. The maximum absolute atomic E-state index is 3.62. The van der Waals surface area contributed by atoms with Crippen LogP contribution in [0.25, 0.3) is 5.57 Å². The molecular formula is C29H42Hf. The Hall–Kier alpha value is -0.820. The molecule has 0 heterocycles. The van der Waals surface area contributed by atoms with Gasteiger partial charge in [0.05, 0.1) is 0 Å². The molecule has 0 saturated heterocycles. The molecule has 4 rings (SSSR count).